The second-order valence-electron chi connectivity index (χ2n) is 2.72. The van der Waals surface area contributed by atoms with E-state index in [1.165, 1.54) is 5.56 Å². The topological polar surface area (TPSA) is 18.5 Å². The molecule has 0 saturated carbocycles. The number of benzene rings is 1. The average Bonchev–Trinajstić information content (AvgIpc) is 2.23. The summed E-state index contributed by atoms with van der Waals surface area (Å²) in [4.78, 5) is 0. The van der Waals surface area contributed by atoms with E-state index in [0.29, 0.717) is 0 Å². The van der Waals surface area contributed by atoms with Gasteiger partial charge in [0.25, 0.3) is 0 Å². The van der Waals surface area contributed by atoms with Crippen LogP contribution in [-0.2, 0) is 9.47 Å². The van der Waals surface area contributed by atoms with Crippen LogP contribution in [0.3, 0.4) is 0 Å². The SMILES string of the molecule is CC.COC(OC)c1cccc(C)c1. The predicted octanol–water partition coefficient (Wildman–Crippen LogP) is 3.31. The lowest BCUT2D eigenvalue weighted by atomic mass is 10.1. The molecule has 0 saturated heterocycles. The second-order valence-corrected chi connectivity index (χ2v) is 2.72. The van der Waals surface area contributed by atoms with Gasteiger partial charge in [0, 0.05) is 19.8 Å². The summed E-state index contributed by atoms with van der Waals surface area (Å²) in [6.07, 6.45) is -0.245. The molecule has 80 valence electrons. The molecule has 14 heavy (non-hydrogen) atoms. The molecule has 0 heterocycles. The van der Waals surface area contributed by atoms with Crippen molar-refractivity contribution in [1.82, 2.24) is 0 Å². The fourth-order valence-electron chi connectivity index (χ4n) is 1.19. The van der Waals surface area contributed by atoms with Crippen molar-refractivity contribution in [3.8, 4) is 0 Å². The van der Waals surface area contributed by atoms with Gasteiger partial charge >= 0.3 is 0 Å². The van der Waals surface area contributed by atoms with Crippen LogP contribution < -0.4 is 0 Å². The minimum atomic E-state index is -0.245. The summed E-state index contributed by atoms with van der Waals surface area (Å²) < 4.78 is 10.2. The molecule has 0 radical (unpaired) electrons. The van der Waals surface area contributed by atoms with Gasteiger partial charge in [-0.15, -0.1) is 0 Å². The molecule has 0 spiro atoms. The minimum Gasteiger partial charge on any atom is -0.352 e. The number of hydrogen-bond acceptors (Lipinski definition) is 2. The van der Waals surface area contributed by atoms with Crippen molar-refractivity contribution >= 4 is 0 Å². The highest BCUT2D eigenvalue weighted by atomic mass is 16.7. The summed E-state index contributed by atoms with van der Waals surface area (Å²) in [5.41, 5.74) is 2.27. The van der Waals surface area contributed by atoms with Crippen molar-refractivity contribution in [2.24, 2.45) is 0 Å². The molecule has 0 N–H and O–H groups in total. The third kappa shape index (κ3) is 3.90. The smallest absolute Gasteiger partial charge is 0.183 e. The van der Waals surface area contributed by atoms with E-state index in [1.807, 2.05) is 39.0 Å². The molecule has 1 aromatic rings. The van der Waals surface area contributed by atoms with Gasteiger partial charge in [-0.05, 0) is 6.92 Å². The number of methoxy groups -OCH3 is 2. The molecule has 1 rings (SSSR count). The Hall–Kier alpha value is -0.860. The third-order valence-electron chi connectivity index (χ3n) is 1.74. The van der Waals surface area contributed by atoms with Crippen molar-refractivity contribution in [3.63, 3.8) is 0 Å². The van der Waals surface area contributed by atoms with Gasteiger partial charge < -0.3 is 9.47 Å². The molecular formula is C12H20O2. The lowest BCUT2D eigenvalue weighted by Gasteiger charge is -2.13. The summed E-state index contributed by atoms with van der Waals surface area (Å²) in [6, 6.07) is 8.09. The first-order valence-electron chi connectivity index (χ1n) is 4.90. The highest BCUT2D eigenvalue weighted by Crippen LogP contribution is 2.17. The first-order chi connectivity index (χ1) is 6.77. The van der Waals surface area contributed by atoms with Gasteiger partial charge in [-0.3, -0.25) is 0 Å². The predicted molar refractivity (Wildman–Crippen MR) is 59.3 cm³/mol. The molecular weight excluding hydrogens is 176 g/mol. The van der Waals surface area contributed by atoms with E-state index >= 15 is 0 Å². The monoisotopic (exact) mass is 196 g/mol. The Morgan fingerprint density at radius 1 is 1.07 bits per heavy atom. The molecule has 0 aliphatic rings. The molecule has 0 amide bonds. The van der Waals surface area contributed by atoms with Crippen LogP contribution in [0.1, 0.15) is 31.3 Å². The third-order valence-corrected chi connectivity index (χ3v) is 1.74. The zero-order valence-corrected chi connectivity index (χ0v) is 9.70. The van der Waals surface area contributed by atoms with E-state index in [-0.39, 0.29) is 6.29 Å². The molecule has 0 bridgehead atoms. The Morgan fingerprint density at radius 2 is 1.64 bits per heavy atom. The summed E-state index contributed by atoms with van der Waals surface area (Å²) in [5, 5.41) is 0. The zero-order chi connectivity index (χ0) is 11.0. The molecule has 0 unspecified atom stereocenters. The molecule has 2 heteroatoms. The maximum atomic E-state index is 5.12. The maximum absolute atomic E-state index is 5.12. The quantitative estimate of drug-likeness (QED) is 0.690. The van der Waals surface area contributed by atoms with E-state index in [4.69, 9.17) is 9.47 Å². The van der Waals surface area contributed by atoms with Crippen LogP contribution in [0.4, 0.5) is 0 Å². The van der Waals surface area contributed by atoms with E-state index in [2.05, 4.69) is 6.07 Å². The first-order valence-corrected chi connectivity index (χ1v) is 4.90. The van der Waals surface area contributed by atoms with Crippen LogP contribution in [0, 0.1) is 6.92 Å². The van der Waals surface area contributed by atoms with Gasteiger partial charge in [-0.25, -0.2) is 0 Å². The van der Waals surface area contributed by atoms with Crippen molar-refractivity contribution in [2.45, 2.75) is 27.1 Å². The van der Waals surface area contributed by atoms with E-state index < -0.39 is 0 Å². The van der Waals surface area contributed by atoms with Crippen molar-refractivity contribution in [3.05, 3.63) is 35.4 Å². The van der Waals surface area contributed by atoms with Crippen LogP contribution in [0.5, 0.6) is 0 Å². The van der Waals surface area contributed by atoms with Crippen LogP contribution in [0.25, 0.3) is 0 Å². The van der Waals surface area contributed by atoms with Crippen LogP contribution in [0.2, 0.25) is 0 Å². The highest BCUT2D eigenvalue weighted by Gasteiger charge is 2.07. The Morgan fingerprint density at radius 3 is 2.07 bits per heavy atom. The summed E-state index contributed by atoms with van der Waals surface area (Å²) >= 11 is 0. The number of hydrogen-bond donors (Lipinski definition) is 0. The van der Waals surface area contributed by atoms with Crippen LogP contribution in [-0.4, -0.2) is 14.2 Å². The summed E-state index contributed by atoms with van der Waals surface area (Å²) in [7, 11) is 3.27. The molecule has 0 aliphatic heterocycles. The Labute approximate surface area is 86.9 Å². The van der Waals surface area contributed by atoms with Crippen molar-refractivity contribution in [1.29, 1.82) is 0 Å². The van der Waals surface area contributed by atoms with Gasteiger partial charge in [-0.2, -0.15) is 0 Å². The molecule has 0 atom stereocenters. The minimum absolute atomic E-state index is 0.245. The number of aryl methyl sites for hydroxylation is 1. The van der Waals surface area contributed by atoms with Crippen molar-refractivity contribution in [2.75, 3.05) is 14.2 Å². The fourth-order valence-corrected chi connectivity index (χ4v) is 1.19. The van der Waals surface area contributed by atoms with E-state index in [0.717, 1.165) is 5.56 Å². The molecule has 1 aromatic carbocycles. The fraction of sp³-hybridized carbons (Fsp3) is 0.500. The van der Waals surface area contributed by atoms with Gasteiger partial charge in [0.2, 0.25) is 0 Å². The zero-order valence-electron chi connectivity index (χ0n) is 9.70. The number of rotatable bonds is 3. The standard InChI is InChI=1S/C10H14O2.C2H6/c1-8-5-4-6-9(7-8)10(11-2)12-3;1-2/h4-7,10H,1-3H3;1-2H3. The normalized spacial score (nSPS) is 9.57. The van der Waals surface area contributed by atoms with E-state index in [9.17, 15) is 0 Å². The molecule has 2 nitrogen and oxygen atoms in total. The maximum Gasteiger partial charge on any atom is 0.183 e. The van der Waals surface area contributed by atoms with Gasteiger partial charge in [-0.1, -0.05) is 43.7 Å². The summed E-state index contributed by atoms with van der Waals surface area (Å²) in [6.45, 7) is 6.05. The lowest BCUT2D eigenvalue weighted by molar-refractivity contribution is -0.106. The summed E-state index contributed by atoms with van der Waals surface area (Å²) in [5.74, 6) is 0. The average molecular weight is 196 g/mol. The van der Waals surface area contributed by atoms with Gasteiger partial charge in [0.05, 0.1) is 0 Å². The Kier molecular flexibility index (Phi) is 7.07. The van der Waals surface area contributed by atoms with Crippen LogP contribution >= 0.6 is 0 Å². The molecule has 0 aliphatic carbocycles. The Bertz CT molecular complexity index is 242. The molecule has 0 aromatic heterocycles. The van der Waals surface area contributed by atoms with Crippen LogP contribution in [0.15, 0.2) is 24.3 Å². The Balaban J connectivity index is 0.000000791. The lowest BCUT2D eigenvalue weighted by Crippen LogP contribution is -2.03. The second kappa shape index (κ2) is 7.54. The van der Waals surface area contributed by atoms with Crippen molar-refractivity contribution < 1.29 is 9.47 Å². The highest BCUT2D eigenvalue weighted by molar-refractivity contribution is 5.23. The van der Waals surface area contributed by atoms with Gasteiger partial charge in [0.1, 0.15) is 0 Å². The number of ether oxygens (including phenoxy) is 2. The van der Waals surface area contributed by atoms with E-state index in [1.54, 1.807) is 14.2 Å². The molecule has 0 fully saturated rings. The largest absolute Gasteiger partial charge is 0.352 e. The van der Waals surface area contributed by atoms with Gasteiger partial charge in [0.15, 0.2) is 6.29 Å². The first kappa shape index (κ1) is 13.1.